The van der Waals surface area contributed by atoms with Crippen LogP contribution in [-0.4, -0.2) is 10.2 Å². The molecule has 100 valence electrons. The van der Waals surface area contributed by atoms with Gasteiger partial charge >= 0.3 is 0 Å². The lowest BCUT2D eigenvalue weighted by Gasteiger charge is -2.08. The Kier molecular flexibility index (Phi) is 3.46. The molecule has 1 heterocycles. The number of aromatic nitrogens is 2. The molecule has 0 saturated carbocycles. The van der Waals surface area contributed by atoms with Crippen molar-refractivity contribution in [1.82, 2.24) is 10.2 Å². The van der Waals surface area contributed by atoms with Gasteiger partial charge in [0.05, 0.1) is 5.69 Å². The van der Waals surface area contributed by atoms with Crippen molar-refractivity contribution in [1.29, 1.82) is 0 Å². The number of benzene rings is 2. The molecule has 0 aliphatic heterocycles. The Balaban J connectivity index is 1.68. The monoisotopic (exact) mass is 267 g/mol. The molecule has 3 rings (SSSR count). The number of hydrogen-bond donors (Lipinski definition) is 2. The van der Waals surface area contributed by atoms with Crippen molar-refractivity contribution in [3.8, 4) is 11.3 Å². The van der Waals surface area contributed by atoms with Gasteiger partial charge in [-0.3, -0.25) is 5.10 Å². The number of rotatable bonds is 4. The molecule has 0 atom stereocenters. The Hall–Kier alpha value is -2.62. The van der Waals surface area contributed by atoms with Crippen LogP contribution in [0.4, 0.5) is 10.1 Å². The number of aromatic amines is 1. The van der Waals surface area contributed by atoms with Gasteiger partial charge in [0.2, 0.25) is 0 Å². The first kappa shape index (κ1) is 12.4. The lowest BCUT2D eigenvalue weighted by molar-refractivity contribution is 0.613. The molecule has 0 saturated heterocycles. The Morgan fingerprint density at radius 3 is 2.50 bits per heavy atom. The number of H-pyrrole nitrogens is 1. The van der Waals surface area contributed by atoms with E-state index >= 15 is 0 Å². The minimum absolute atomic E-state index is 0.186. The van der Waals surface area contributed by atoms with Crippen molar-refractivity contribution in [2.75, 3.05) is 5.32 Å². The fourth-order valence-corrected chi connectivity index (χ4v) is 2.02. The first-order valence-corrected chi connectivity index (χ1v) is 6.40. The third kappa shape index (κ3) is 2.69. The smallest absolute Gasteiger partial charge is 0.128 e. The van der Waals surface area contributed by atoms with Gasteiger partial charge in [0.15, 0.2) is 0 Å². The zero-order valence-electron chi connectivity index (χ0n) is 10.8. The first-order chi connectivity index (χ1) is 9.83. The molecule has 0 amide bonds. The third-order valence-corrected chi connectivity index (χ3v) is 3.14. The topological polar surface area (TPSA) is 40.7 Å². The van der Waals surface area contributed by atoms with Crippen LogP contribution in [0.5, 0.6) is 0 Å². The van der Waals surface area contributed by atoms with Crippen molar-refractivity contribution in [3.05, 3.63) is 72.2 Å². The minimum atomic E-state index is -0.186. The van der Waals surface area contributed by atoms with Gasteiger partial charge in [-0.05, 0) is 29.8 Å². The molecule has 0 unspecified atom stereocenters. The normalized spacial score (nSPS) is 10.4. The predicted molar refractivity (Wildman–Crippen MR) is 77.8 cm³/mol. The SMILES string of the molecule is Fc1ccccc1CNc1ccc(-c2ccn[nH]2)cc1. The molecule has 0 aliphatic carbocycles. The second kappa shape index (κ2) is 5.57. The summed E-state index contributed by atoms with van der Waals surface area (Å²) in [7, 11) is 0. The van der Waals surface area contributed by atoms with Gasteiger partial charge < -0.3 is 5.32 Å². The standard InChI is InChI=1S/C16H14FN3/c17-15-4-2-1-3-13(15)11-18-14-7-5-12(6-8-14)16-9-10-19-20-16/h1-10,18H,11H2,(H,19,20). The van der Waals surface area contributed by atoms with Gasteiger partial charge in [0.25, 0.3) is 0 Å². The molecule has 2 aromatic carbocycles. The predicted octanol–water partition coefficient (Wildman–Crippen LogP) is 3.83. The van der Waals surface area contributed by atoms with E-state index in [1.807, 2.05) is 36.4 Å². The van der Waals surface area contributed by atoms with Crippen molar-refractivity contribution >= 4 is 5.69 Å². The highest BCUT2D eigenvalue weighted by atomic mass is 19.1. The summed E-state index contributed by atoms with van der Waals surface area (Å²) >= 11 is 0. The number of nitrogens with zero attached hydrogens (tertiary/aromatic N) is 1. The lowest BCUT2D eigenvalue weighted by atomic mass is 10.1. The maximum absolute atomic E-state index is 13.5. The van der Waals surface area contributed by atoms with Gasteiger partial charge in [-0.15, -0.1) is 0 Å². The Bertz CT molecular complexity index is 675. The van der Waals surface area contributed by atoms with Crippen LogP contribution in [0, 0.1) is 5.82 Å². The Morgan fingerprint density at radius 1 is 1.00 bits per heavy atom. The van der Waals surface area contributed by atoms with E-state index in [2.05, 4.69) is 15.5 Å². The molecule has 2 N–H and O–H groups in total. The van der Waals surface area contributed by atoms with Crippen LogP contribution in [0.15, 0.2) is 60.8 Å². The molecule has 0 spiro atoms. The molecule has 0 aliphatic rings. The number of halogens is 1. The molecule has 0 radical (unpaired) electrons. The van der Waals surface area contributed by atoms with Gasteiger partial charge in [0, 0.05) is 24.0 Å². The highest BCUT2D eigenvalue weighted by molar-refractivity contribution is 5.62. The number of nitrogens with one attached hydrogen (secondary N) is 2. The van der Waals surface area contributed by atoms with Gasteiger partial charge in [-0.1, -0.05) is 30.3 Å². The fraction of sp³-hybridized carbons (Fsp3) is 0.0625. The second-order valence-electron chi connectivity index (χ2n) is 4.49. The maximum Gasteiger partial charge on any atom is 0.128 e. The van der Waals surface area contributed by atoms with Crippen molar-refractivity contribution in [2.24, 2.45) is 0 Å². The summed E-state index contributed by atoms with van der Waals surface area (Å²) in [5, 5.41) is 10.1. The molecule has 0 fully saturated rings. The van der Waals surface area contributed by atoms with E-state index in [1.54, 1.807) is 18.3 Å². The molecular weight excluding hydrogens is 253 g/mol. The second-order valence-corrected chi connectivity index (χ2v) is 4.49. The minimum Gasteiger partial charge on any atom is -0.381 e. The van der Waals surface area contributed by atoms with Crippen molar-refractivity contribution in [2.45, 2.75) is 6.54 Å². The van der Waals surface area contributed by atoms with Crippen LogP contribution in [0.3, 0.4) is 0 Å². The van der Waals surface area contributed by atoms with E-state index < -0.39 is 0 Å². The van der Waals surface area contributed by atoms with Crippen molar-refractivity contribution in [3.63, 3.8) is 0 Å². The van der Waals surface area contributed by atoms with Crippen LogP contribution in [0.1, 0.15) is 5.56 Å². The zero-order valence-corrected chi connectivity index (χ0v) is 10.8. The Morgan fingerprint density at radius 2 is 1.80 bits per heavy atom. The average molecular weight is 267 g/mol. The van der Waals surface area contributed by atoms with Crippen molar-refractivity contribution < 1.29 is 4.39 Å². The van der Waals surface area contributed by atoms with Gasteiger partial charge in [-0.25, -0.2) is 4.39 Å². The summed E-state index contributed by atoms with van der Waals surface area (Å²) < 4.78 is 13.5. The summed E-state index contributed by atoms with van der Waals surface area (Å²) in [5.74, 6) is -0.186. The van der Waals surface area contributed by atoms with Crippen LogP contribution in [-0.2, 0) is 6.54 Å². The quantitative estimate of drug-likeness (QED) is 0.754. The van der Waals surface area contributed by atoms with E-state index in [0.29, 0.717) is 12.1 Å². The maximum atomic E-state index is 13.5. The first-order valence-electron chi connectivity index (χ1n) is 6.40. The molecule has 3 nitrogen and oxygen atoms in total. The molecule has 4 heteroatoms. The van der Waals surface area contributed by atoms with Crippen LogP contribution in [0.25, 0.3) is 11.3 Å². The highest BCUT2D eigenvalue weighted by Gasteiger charge is 2.01. The number of anilines is 1. The van der Waals surface area contributed by atoms with Crippen LogP contribution >= 0.6 is 0 Å². The molecule has 20 heavy (non-hydrogen) atoms. The summed E-state index contributed by atoms with van der Waals surface area (Å²) in [5.41, 5.74) is 3.66. The summed E-state index contributed by atoms with van der Waals surface area (Å²) in [4.78, 5) is 0. The van der Waals surface area contributed by atoms with E-state index in [4.69, 9.17) is 0 Å². The van der Waals surface area contributed by atoms with Crippen LogP contribution in [0.2, 0.25) is 0 Å². The summed E-state index contributed by atoms with van der Waals surface area (Å²) in [6, 6.07) is 16.6. The van der Waals surface area contributed by atoms with E-state index in [-0.39, 0.29) is 5.82 Å². The highest BCUT2D eigenvalue weighted by Crippen LogP contribution is 2.19. The molecule has 1 aromatic heterocycles. The largest absolute Gasteiger partial charge is 0.381 e. The number of hydrogen-bond acceptors (Lipinski definition) is 2. The molecule has 3 aromatic rings. The van der Waals surface area contributed by atoms with E-state index in [0.717, 1.165) is 16.9 Å². The van der Waals surface area contributed by atoms with E-state index in [1.165, 1.54) is 6.07 Å². The zero-order chi connectivity index (χ0) is 13.8. The van der Waals surface area contributed by atoms with E-state index in [9.17, 15) is 4.39 Å². The Labute approximate surface area is 116 Å². The fourth-order valence-electron chi connectivity index (χ4n) is 2.02. The summed E-state index contributed by atoms with van der Waals surface area (Å²) in [6.07, 6.45) is 1.72. The molecule has 0 bridgehead atoms. The van der Waals surface area contributed by atoms with Gasteiger partial charge in [-0.2, -0.15) is 5.10 Å². The summed E-state index contributed by atoms with van der Waals surface area (Å²) in [6.45, 7) is 0.468. The third-order valence-electron chi connectivity index (χ3n) is 3.14. The molecular formula is C16H14FN3. The van der Waals surface area contributed by atoms with Gasteiger partial charge in [0.1, 0.15) is 5.82 Å². The lowest BCUT2D eigenvalue weighted by Crippen LogP contribution is -2.01. The average Bonchev–Trinajstić information content (AvgIpc) is 3.01. The van der Waals surface area contributed by atoms with Crippen LogP contribution < -0.4 is 5.32 Å².